The second-order valence-electron chi connectivity index (χ2n) is 7.34. The minimum absolute atomic E-state index is 0.0426. The van der Waals surface area contributed by atoms with Gasteiger partial charge in [-0.15, -0.1) is 0 Å². The molecule has 1 aromatic rings. The zero-order chi connectivity index (χ0) is 18.6. The second kappa shape index (κ2) is 7.87. The van der Waals surface area contributed by atoms with E-state index in [1.165, 1.54) is 0 Å². The van der Waals surface area contributed by atoms with Gasteiger partial charge in [0, 0.05) is 43.2 Å². The van der Waals surface area contributed by atoms with Crippen molar-refractivity contribution in [2.24, 2.45) is 5.41 Å². The predicted molar refractivity (Wildman–Crippen MR) is 96.4 cm³/mol. The summed E-state index contributed by atoms with van der Waals surface area (Å²) >= 11 is 0. The predicted octanol–water partition coefficient (Wildman–Crippen LogP) is 2.08. The van der Waals surface area contributed by atoms with Crippen LogP contribution in [0.15, 0.2) is 18.2 Å². The number of ketones is 1. The number of ether oxygens (including phenoxy) is 2. The van der Waals surface area contributed by atoms with Crippen molar-refractivity contribution in [2.75, 3.05) is 46.9 Å². The number of rotatable bonds is 5. The summed E-state index contributed by atoms with van der Waals surface area (Å²) in [6.45, 7) is 8.87. The molecule has 1 aliphatic rings. The van der Waals surface area contributed by atoms with Gasteiger partial charge in [-0.2, -0.15) is 0 Å². The van der Waals surface area contributed by atoms with Crippen LogP contribution in [0.3, 0.4) is 0 Å². The monoisotopic (exact) mass is 348 g/mol. The quantitative estimate of drug-likeness (QED) is 0.815. The molecule has 1 heterocycles. The molecule has 0 radical (unpaired) electrons. The van der Waals surface area contributed by atoms with Gasteiger partial charge in [0.1, 0.15) is 11.5 Å². The molecule has 6 heteroatoms. The summed E-state index contributed by atoms with van der Waals surface area (Å²) in [5, 5.41) is 0. The van der Waals surface area contributed by atoms with Gasteiger partial charge in [0.2, 0.25) is 0 Å². The molecule has 0 N–H and O–H groups in total. The molecule has 1 aromatic carbocycles. The zero-order valence-electron chi connectivity index (χ0n) is 15.8. The van der Waals surface area contributed by atoms with Crippen molar-refractivity contribution in [3.05, 3.63) is 23.8 Å². The number of nitrogens with zero attached hydrogens (tertiary/aromatic N) is 2. The van der Waals surface area contributed by atoms with Gasteiger partial charge < -0.3 is 14.4 Å². The third kappa shape index (κ3) is 4.95. The maximum Gasteiger partial charge on any atom is 0.254 e. The molecule has 1 amide bonds. The van der Waals surface area contributed by atoms with E-state index in [1.807, 2.05) is 25.7 Å². The van der Waals surface area contributed by atoms with Crippen molar-refractivity contribution >= 4 is 11.7 Å². The Balaban J connectivity index is 1.99. The fourth-order valence-corrected chi connectivity index (χ4v) is 2.66. The largest absolute Gasteiger partial charge is 0.497 e. The number of carbonyl (C=O) groups is 2. The molecule has 25 heavy (non-hydrogen) atoms. The second-order valence-corrected chi connectivity index (χ2v) is 7.34. The molecule has 0 bridgehead atoms. The molecule has 0 aliphatic carbocycles. The number of piperazine rings is 1. The highest BCUT2D eigenvalue weighted by atomic mass is 16.5. The van der Waals surface area contributed by atoms with Gasteiger partial charge >= 0.3 is 0 Å². The molecule has 1 fully saturated rings. The Morgan fingerprint density at radius 1 is 0.960 bits per heavy atom. The number of hydrogen-bond acceptors (Lipinski definition) is 5. The highest BCUT2D eigenvalue weighted by Gasteiger charge is 2.27. The van der Waals surface area contributed by atoms with E-state index in [0.29, 0.717) is 49.8 Å². The number of amides is 1. The lowest BCUT2D eigenvalue weighted by molar-refractivity contribution is -0.127. The first kappa shape index (κ1) is 19.2. The zero-order valence-corrected chi connectivity index (χ0v) is 15.8. The van der Waals surface area contributed by atoms with E-state index < -0.39 is 0 Å². The molecule has 0 atom stereocenters. The lowest BCUT2D eigenvalue weighted by Gasteiger charge is -2.35. The number of hydrogen-bond donors (Lipinski definition) is 0. The molecule has 138 valence electrons. The Morgan fingerprint density at radius 3 is 1.92 bits per heavy atom. The fraction of sp³-hybridized carbons (Fsp3) is 0.579. The third-order valence-electron chi connectivity index (χ3n) is 4.46. The lowest BCUT2D eigenvalue weighted by atomic mass is 9.90. The van der Waals surface area contributed by atoms with Crippen LogP contribution in [0.2, 0.25) is 0 Å². The maximum absolute atomic E-state index is 12.8. The first-order valence-electron chi connectivity index (χ1n) is 8.52. The van der Waals surface area contributed by atoms with Crippen molar-refractivity contribution < 1.29 is 19.1 Å². The molecule has 6 nitrogen and oxygen atoms in total. The summed E-state index contributed by atoms with van der Waals surface area (Å²) in [5.74, 6) is 1.37. The molecule has 1 saturated heterocycles. The van der Waals surface area contributed by atoms with E-state index in [-0.39, 0.29) is 17.1 Å². The van der Waals surface area contributed by atoms with Gasteiger partial charge in [-0.05, 0) is 12.1 Å². The van der Waals surface area contributed by atoms with Crippen molar-refractivity contribution in [1.29, 1.82) is 0 Å². The van der Waals surface area contributed by atoms with Gasteiger partial charge in [0.25, 0.3) is 5.91 Å². The lowest BCUT2D eigenvalue weighted by Crippen LogP contribution is -2.50. The van der Waals surface area contributed by atoms with Crippen molar-refractivity contribution in [3.63, 3.8) is 0 Å². The van der Waals surface area contributed by atoms with Crippen LogP contribution < -0.4 is 9.47 Å². The summed E-state index contributed by atoms with van der Waals surface area (Å²) in [5.41, 5.74) is 0.222. The van der Waals surface area contributed by atoms with Crippen LogP contribution in [0.5, 0.6) is 11.5 Å². The van der Waals surface area contributed by atoms with Crippen molar-refractivity contribution in [2.45, 2.75) is 20.8 Å². The van der Waals surface area contributed by atoms with E-state index in [1.54, 1.807) is 32.4 Å². The van der Waals surface area contributed by atoms with Crippen LogP contribution in [0.4, 0.5) is 0 Å². The Kier molecular flexibility index (Phi) is 6.06. The summed E-state index contributed by atoms with van der Waals surface area (Å²) in [6, 6.07) is 5.19. The van der Waals surface area contributed by atoms with Crippen LogP contribution in [-0.2, 0) is 4.79 Å². The van der Waals surface area contributed by atoms with Crippen molar-refractivity contribution in [3.8, 4) is 11.5 Å². The standard InChI is InChI=1S/C19H28N2O4/c1-19(2,3)17(22)13-20-6-8-21(9-7-20)18(23)14-10-15(24-4)12-16(11-14)25-5/h10-12H,6-9,13H2,1-5H3. The molecule has 2 rings (SSSR count). The van der Waals surface area contributed by atoms with Gasteiger partial charge in [0.05, 0.1) is 20.8 Å². The molecule has 0 aromatic heterocycles. The van der Waals surface area contributed by atoms with E-state index >= 15 is 0 Å². The smallest absolute Gasteiger partial charge is 0.254 e. The Labute approximate surface area is 149 Å². The Hall–Kier alpha value is -2.08. The highest BCUT2D eigenvalue weighted by Crippen LogP contribution is 2.24. The van der Waals surface area contributed by atoms with Crippen molar-refractivity contribution in [1.82, 2.24) is 9.80 Å². The number of methoxy groups -OCH3 is 2. The summed E-state index contributed by atoms with van der Waals surface area (Å²) in [7, 11) is 3.13. The van der Waals surface area contributed by atoms with Gasteiger partial charge in [0.15, 0.2) is 5.78 Å². The molecule has 0 saturated carbocycles. The molecule has 0 unspecified atom stereocenters. The normalized spacial score (nSPS) is 15.8. The van der Waals surface area contributed by atoms with E-state index in [0.717, 1.165) is 0 Å². The molecular weight excluding hydrogens is 320 g/mol. The Morgan fingerprint density at radius 2 is 1.48 bits per heavy atom. The summed E-state index contributed by atoms with van der Waals surface area (Å²) in [6.07, 6.45) is 0. The van der Waals surface area contributed by atoms with Crippen LogP contribution in [0.25, 0.3) is 0 Å². The number of benzene rings is 1. The number of Topliss-reactive ketones (excluding diaryl/α,β-unsaturated/α-hetero) is 1. The minimum Gasteiger partial charge on any atom is -0.497 e. The first-order valence-corrected chi connectivity index (χ1v) is 8.52. The fourth-order valence-electron chi connectivity index (χ4n) is 2.66. The SMILES string of the molecule is COc1cc(OC)cc(C(=O)N2CCN(CC(=O)C(C)(C)C)CC2)c1. The summed E-state index contributed by atoms with van der Waals surface area (Å²) in [4.78, 5) is 28.8. The minimum atomic E-state index is -0.329. The molecular formula is C19H28N2O4. The van der Waals surface area contributed by atoms with E-state index in [9.17, 15) is 9.59 Å². The van der Waals surface area contributed by atoms with E-state index in [4.69, 9.17) is 9.47 Å². The van der Waals surface area contributed by atoms with Crippen LogP contribution in [0, 0.1) is 5.41 Å². The first-order chi connectivity index (χ1) is 11.7. The average Bonchev–Trinajstić information content (AvgIpc) is 2.60. The molecule has 1 aliphatic heterocycles. The topological polar surface area (TPSA) is 59.1 Å². The third-order valence-corrected chi connectivity index (χ3v) is 4.46. The van der Waals surface area contributed by atoms with Gasteiger partial charge in [-0.3, -0.25) is 14.5 Å². The van der Waals surface area contributed by atoms with Crippen LogP contribution in [0.1, 0.15) is 31.1 Å². The maximum atomic E-state index is 12.8. The van der Waals surface area contributed by atoms with Gasteiger partial charge in [-0.25, -0.2) is 0 Å². The highest BCUT2D eigenvalue weighted by molar-refractivity contribution is 5.95. The van der Waals surface area contributed by atoms with Gasteiger partial charge in [-0.1, -0.05) is 20.8 Å². The number of carbonyl (C=O) groups excluding carboxylic acids is 2. The van der Waals surface area contributed by atoms with Crippen LogP contribution >= 0.6 is 0 Å². The van der Waals surface area contributed by atoms with E-state index in [2.05, 4.69) is 4.90 Å². The molecule has 0 spiro atoms. The summed E-state index contributed by atoms with van der Waals surface area (Å²) < 4.78 is 10.5. The Bertz CT molecular complexity index is 607. The van der Waals surface area contributed by atoms with Crippen LogP contribution in [-0.4, -0.2) is 68.4 Å². The average molecular weight is 348 g/mol.